The van der Waals surface area contributed by atoms with Crippen molar-refractivity contribution < 1.29 is 18.7 Å². The minimum atomic E-state index is -0.656. The van der Waals surface area contributed by atoms with Crippen LogP contribution < -0.4 is 15.2 Å². The summed E-state index contributed by atoms with van der Waals surface area (Å²) in [5, 5.41) is 0. The monoisotopic (exact) mass is 241 g/mol. The normalized spacial score (nSPS) is 10.5. The maximum Gasteiger partial charge on any atom is 0.179 e. The summed E-state index contributed by atoms with van der Waals surface area (Å²) in [5.41, 5.74) is 5.11. The van der Waals surface area contributed by atoms with Crippen LogP contribution in [-0.2, 0) is 0 Å². The molecule has 0 saturated carbocycles. The Hall–Kier alpha value is -1.62. The number of ketones is 1. The zero-order valence-electron chi connectivity index (χ0n) is 10.1. The Morgan fingerprint density at radius 3 is 2.53 bits per heavy atom. The van der Waals surface area contributed by atoms with Gasteiger partial charge in [0.15, 0.2) is 17.3 Å². The van der Waals surface area contributed by atoms with Crippen molar-refractivity contribution in [2.45, 2.75) is 20.0 Å². The van der Waals surface area contributed by atoms with Crippen LogP contribution in [0.25, 0.3) is 0 Å². The van der Waals surface area contributed by atoms with Crippen LogP contribution in [0.5, 0.6) is 11.5 Å². The van der Waals surface area contributed by atoms with Gasteiger partial charge >= 0.3 is 0 Å². The number of carbonyl (C=O) groups is 1. The highest BCUT2D eigenvalue weighted by Gasteiger charge is 2.16. The number of benzene rings is 1. The van der Waals surface area contributed by atoms with Gasteiger partial charge in [-0.2, -0.15) is 0 Å². The van der Waals surface area contributed by atoms with Crippen molar-refractivity contribution >= 4 is 5.78 Å². The molecule has 0 aliphatic heterocycles. The zero-order valence-corrected chi connectivity index (χ0v) is 10.1. The minimum absolute atomic E-state index is 0.0829. The molecule has 0 fully saturated rings. The predicted octanol–water partition coefficient (Wildman–Crippen LogP) is 1.76. The molecule has 0 heterocycles. The zero-order chi connectivity index (χ0) is 13.0. The summed E-state index contributed by atoms with van der Waals surface area (Å²) < 4.78 is 24.1. The van der Waals surface area contributed by atoms with Crippen LogP contribution in [0.1, 0.15) is 24.2 Å². The molecule has 0 spiro atoms. The number of rotatable bonds is 5. The lowest BCUT2D eigenvalue weighted by atomic mass is 10.1. The maximum absolute atomic E-state index is 13.6. The first kappa shape index (κ1) is 13.4. The smallest absolute Gasteiger partial charge is 0.179 e. The van der Waals surface area contributed by atoms with Crippen molar-refractivity contribution in [2.24, 2.45) is 5.73 Å². The highest BCUT2D eigenvalue weighted by molar-refractivity contribution is 5.98. The summed E-state index contributed by atoms with van der Waals surface area (Å²) in [6.45, 7) is 3.39. The van der Waals surface area contributed by atoms with E-state index in [1.807, 2.05) is 13.8 Å². The second-order valence-corrected chi connectivity index (χ2v) is 3.78. The molecular formula is C12H16FNO3. The van der Waals surface area contributed by atoms with Crippen molar-refractivity contribution in [3.63, 3.8) is 0 Å². The predicted molar refractivity (Wildman–Crippen MR) is 62.1 cm³/mol. The van der Waals surface area contributed by atoms with Crippen LogP contribution in [0.4, 0.5) is 4.39 Å². The fraction of sp³-hybridized carbons (Fsp3) is 0.417. The first-order valence-electron chi connectivity index (χ1n) is 5.27. The number of ether oxygens (including phenoxy) is 2. The maximum atomic E-state index is 13.6. The summed E-state index contributed by atoms with van der Waals surface area (Å²) in [6, 6.07) is 2.45. The van der Waals surface area contributed by atoms with Gasteiger partial charge in [-0.3, -0.25) is 4.79 Å². The van der Waals surface area contributed by atoms with Crippen molar-refractivity contribution in [1.82, 2.24) is 0 Å². The molecule has 0 atom stereocenters. The first-order chi connectivity index (χ1) is 7.99. The quantitative estimate of drug-likeness (QED) is 0.798. The number of halogens is 1. The van der Waals surface area contributed by atoms with E-state index >= 15 is 0 Å². The molecule has 1 rings (SSSR count). The third kappa shape index (κ3) is 3.17. The number of methoxy groups -OCH3 is 1. The van der Waals surface area contributed by atoms with E-state index < -0.39 is 11.6 Å². The molecular weight excluding hydrogens is 225 g/mol. The van der Waals surface area contributed by atoms with Gasteiger partial charge in [0.2, 0.25) is 0 Å². The number of Topliss-reactive ketones (excluding diaryl/α,β-unsaturated/α-hetero) is 1. The van der Waals surface area contributed by atoms with Gasteiger partial charge in [0.1, 0.15) is 5.82 Å². The Morgan fingerprint density at radius 2 is 2.06 bits per heavy atom. The molecule has 4 nitrogen and oxygen atoms in total. The van der Waals surface area contributed by atoms with E-state index in [1.165, 1.54) is 13.2 Å². The van der Waals surface area contributed by atoms with Crippen LogP contribution in [0.3, 0.4) is 0 Å². The molecule has 0 radical (unpaired) electrons. The van der Waals surface area contributed by atoms with Crippen molar-refractivity contribution in [3.05, 3.63) is 23.5 Å². The molecule has 5 heteroatoms. The van der Waals surface area contributed by atoms with Gasteiger partial charge in [0.25, 0.3) is 0 Å². The lowest BCUT2D eigenvalue weighted by Crippen LogP contribution is -2.16. The highest BCUT2D eigenvalue weighted by atomic mass is 19.1. The van der Waals surface area contributed by atoms with Gasteiger partial charge < -0.3 is 15.2 Å². The summed E-state index contributed by atoms with van der Waals surface area (Å²) in [6.07, 6.45) is -0.112. The number of carbonyl (C=O) groups excluding carboxylic acids is 1. The van der Waals surface area contributed by atoms with E-state index in [9.17, 15) is 9.18 Å². The summed E-state index contributed by atoms with van der Waals surface area (Å²) in [7, 11) is 1.43. The Morgan fingerprint density at radius 1 is 1.41 bits per heavy atom. The van der Waals surface area contributed by atoms with Gasteiger partial charge in [0, 0.05) is 6.07 Å². The SMILES string of the molecule is COc1cc(C(=O)CN)c(F)cc1OC(C)C. The molecule has 0 aliphatic carbocycles. The van der Waals surface area contributed by atoms with Crippen LogP contribution in [0.15, 0.2) is 12.1 Å². The van der Waals surface area contributed by atoms with Crippen LogP contribution in [0, 0.1) is 5.82 Å². The van der Waals surface area contributed by atoms with E-state index in [-0.39, 0.29) is 24.0 Å². The Labute approximate surface area is 99.5 Å². The van der Waals surface area contributed by atoms with Crippen LogP contribution in [0.2, 0.25) is 0 Å². The van der Waals surface area contributed by atoms with Crippen molar-refractivity contribution in [2.75, 3.05) is 13.7 Å². The van der Waals surface area contributed by atoms with Gasteiger partial charge in [-0.25, -0.2) is 4.39 Å². The second kappa shape index (κ2) is 5.63. The third-order valence-corrected chi connectivity index (χ3v) is 2.10. The Bertz CT molecular complexity index is 418. The molecule has 17 heavy (non-hydrogen) atoms. The average molecular weight is 241 g/mol. The summed E-state index contributed by atoms with van der Waals surface area (Å²) in [4.78, 5) is 11.4. The van der Waals surface area contributed by atoms with Gasteiger partial charge in [-0.1, -0.05) is 0 Å². The first-order valence-corrected chi connectivity index (χ1v) is 5.27. The Balaban J connectivity index is 3.19. The third-order valence-electron chi connectivity index (χ3n) is 2.10. The molecule has 1 aromatic carbocycles. The van der Waals surface area contributed by atoms with Crippen molar-refractivity contribution in [1.29, 1.82) is 0 Å². The highest BCUT2D eigenvalue weighted by Crippen LogP contribution is 2.31. The molecule has 0 unspecified atom stereocenters. The van der Waals surface area contributed by atoms with Gasteiger partial charge in [0.05, 0.1) is 25.3 Å². The second-order valence-electron chi connectivity index (χ2n) is 3.78. The van der Waals surface area contributed by atoms with E-state index in [1.54, 1.807) is 0 Å². The van der Waals surface area contributed by atoms with E-state index in [0.29, 0.717) is 5.75 Å². The molecule has 94 valence electrons. The Kier molecular flexibility index (Phi) is 4.45. The lowest BCUT2D eigenvalue weighted by molar-refractivity contribution is 0.0997. The lowest BCUT2D eigenvalue weighted by Gasteiger charge is -2.14. The summed E-state index contributed by atoms with van der Waals surface area (Å²) in [5.74, 6) is -0.542. The van der Waals surface area contributed by atoms with E-state index in [0.717, 1.165) is 6.07 Å². The van der Waals surface area contributed by atoms with Gasteiger partial charge in [-0.05, 0) is 19.9 Å². The number of hydrogen-bond donors (Lipinski definition) is 1. The standard InChI is InChI=1S/C12H16FNO3/c1-7(2)17-12-5-9(13)8(10(15)6-14)4-11(12)16-3/h4-5,7H,6,14H2,1-3H3. The fourth-order valence-electron chi connectivity index (χ4n) is 1.36. The molecule has 2 N–H and O–H groups in total. The molecule has 0 aliphatic rings. The summed E-state index contributed by atoms with van der Waals surface area (Å²) >= 11 is 0. The van der Waals surface area contributed by atoms with Crippen molar-refractivity contribution in [3.8, 4) is 11.5 Å². The van der Waals surface area contributed by atoms with E-state index in [4.69, 9.17) is 15.2 Å². The molecule has 0 bridgehead atoms. The van der Waals surface area contributed by atoms with E-state index in [2.05, 4.69) is 0 Å². The molecule has 0 amide bonds. The largest absolute Gasteiger partial charge is 0.493 e. The topological polar surface area (TPSA) is 61.5 Å². The van der Waals surface area contributed by atoms with Crippen LogP contribution in [-0.4, -0.2) is 25.5 Å². The minimum Gasteiger partial charge on any atom is -0.493 e. The van der Waals surface area contributed by atoms with Crippen LogP contribution >= 0.6 is 0 Å². The average Bonchev–Trinajstić information content (AvgIpc) is 2.27. The number of hydrogen-bond acceptors (Lipinski definition) is 4. The van der Waals surface area contributed by atoms with Gasteiger partial charge in [-0.15, -0.1) is 0 Å². The fourth-order valence-corrected chi connectivity index (χ4v) is 1.36. The molecule has 1 aromatic rings. The molecule has 0 aromatic heterocycles. The number of nitrogens with two attached hydrogens (primary N) is 1. The molecule has 0 saturated heterocycles.